The first-order valence-corrected chi connectivity index (χ1v) is 5.73. The molecule has 1 rings (SSSR count). The average Bonchev–Trinajstić information content (AvgIpc) is 2.95. The number of rotatable bonds is 5. The van der Waals surface area contributed by atoms with Crippen LogP contribution in [0.2, 0.25) is 0 Å². The van der Waals surface area contributed by atoms with Gasteiger partial charge in [0.25, 0.3) is 0 Å². The quantitative estimate of drug-likeness (QED) is 0.693. The second kappa shape index (κ2) is 11.0. The zero-order valence-electron chi connectivity index (χ0n) is 10.5. The molecule has 1 atom stereocenters. The summed E-state index contributed by atoms with van der Waals surface area (Å²) in [5, 5.41) is 0. The molecule has 0 saturated heterocycles. The van der Waals surface area contributed by atoms with E-state index >= 15 is 0 Å². The molecule has 0 aromatic rings. The predicted molar refractivity (Wildman–Crippen MR) is 60.6 cm³/mol. The van der Waals surface area contributed by atoms with Gasteiger partial charge in [0.1, 0.15) is 0 Å². The summed E-state index contributed by atoms with van der Waals surface area (Å²) < 4.78 is 0. The van der Waals surface area contributed by atoms with Crippen molar-refractivity contribution in [2.75, 3.05) is 0 Å². The van der Waals surface area contributed by atoms with Crippen molar-refractivity contribution >= 4 is 12.3 Å². The third-order valence-electron chi connectivity index (χ3n) is 3.03. The summed E-state index contributed by atoms with van der Waals surface area (Å²) in [6, 6.07) is 0. The van der Waals surface area contributed by atoms with Crippen LogP contribution in [0.25, 0.3) is 0 Å². The van der Waals surface area contributed by atoms with Crippen LogP contribution in [0.4, 0.5) is 0 Å². The Labute approximate surface area is 102 Å². The molecule has 0 aliphatic heterocycles. The van der Waals surface area contributed by atoms with Crippen molar-refractivity contribution in [3.8, 4) is 0 Å². The first kappa shape index (κ1) is 17.9. The molecule has 0 aromatic carbocycles. The molecule has 4 nitrogen and oxygen atoms in total. The molecule has 0 radical (unpaired) electrons. The summed E-state index contributed by atoms with van der Waals surface area (Å²) in [5.41, 5.74) is 0.700. The molecule has 1 saturated carbocycles. The molecule has 0 amide bonds. The van der Waals surface area contributed by atoms with E-state index in [4.69, 9.17) is 19.2 Å². The molecular weight excluding hydrogens is 220 g/mol. The van der Waals surface area contributed by atoms with Gasteiger partial charge in [-0.1, -0.05) is 32.8 Å². The summed E-state index contributed by atoms with van der Waals surface area (Å²) in [6.07, 6.45) is 9.58. The summed E-state index contributed by atoms with van der Waals surface area (Å²) in [6.45, 7) is 8.46. The Morgan fingerprint density at radius 3 is 1.65 bits per heavy atom. The molecule has 0 bridgehead atoms. The lowest BCUT2D eigenvalue weighted by atomic mass is 9.92. The molecule has 1 unspecified atom stereocenters. The molecule has 96 valence electrons. The largest absolute Gasteiger partial charge is 0.373 e. The van der Waals surface area contributed by atoms with Gasteiger partial charge in [-0.3, -0.25) is 0 Å². The molecule has 1 fully saturated rings. The van der Waals surface area contributed by atoms with Gasteiger partial charge in [-0.25, -0.2) is 0 Å². The number of carbonyl (C=O) groups excluding carboxylic acids is 4. The first-order valence-electron chi connectivity index (χ1n) is 5.73. The van der Waals surface area contributed by atoms with Crippen LogP contribution in [-0.4, -0.2) is 12.3 Å². The van der Waals surface area contributed by atoms with Crippen molar-refractivity contribution in [1.82, 2.24) is 0 Å². The molecule has 0 heterocycles. The zero-order chi connectivity index (χ0) is 13.7. The minimum atomic E-state index is 0.250. The van der Waals surface area contributed by atoms with E-state index in [1.165, 1.54) is 32.1 Å². The van der Waals surface area contributed by atoms with Crippen molar-refractivity contribution in [2.45, 2.75) is 46.0 Å². The summed E-state index contributed by atoms with van der Waals surface area (Å²) in [4.78, 5) is 32.5. The fourth-order valence-electron chi connectivity index (χ4n) is 2.41. The maximum Gasteiger partial charge on any atom is 0.373 e. The molecule has 4 heteroatoms. The van der Waals surface area contributed by atoms with E-state index < -0.39 is 0 Å². The van der Waals surface area contributed by atoms with E-state index in [2.05, 4.69) is 26.5 Å². The van der Waals surface area contributed by atoms with Crippen molar-refractivity contribution in [3.63, 3.8) is 0 Å². The summed E-state index contributed by atoms with van der Waals surface area (Å²) >= 11 is 0. The molecule has 1 aliphatic rings. The molecule has 0 aromatic heterocycles. The smallest absolute Gasteiger partial charge is 0.186 e. The van der Waals surface area contributed by atoms with Crippen LogP contribution in [0.15, 0.2) is 12.7 Å². The van der Waals surface area contributed by atoms with Crippen LogP contribution in [0.1, 0.15) is 46.0 Å². The highest BCUT2D eigenvalue weighted by molar-refractivity contribution is 5.20. The van der Waals surface area contributed by atoms with Gasteiger partial charge in [-0.05, 0) is 30.6 Å². The normalized spacial score (nSPS) is 18.1. The van der Waals surface area contributed by atoms with E-state index in [9.17, 15) is 0 Å². The van der Waals surface area contributed by atoms with Gasteiger partial charge < -0.3 is 0 Å². The van der Waals surface area contributed by atoms with Gasteiger partial charge in [0.2, 0.25) is 0 Å². The van der Waals surface area contributed by atoms with Crippen molar-refractivity contribution in [2.24, 2.45) is 11.3 Å². The number of hydrogen-bond acceptors (Lipinski definition) is 4. The summed E-state index contributed by atoms with van der Waals surface area (Å²) in [7, 11) is 0. The minimum absolute atomic E-state index is 0.250. The maximum atomic E-state index is 8.12. The first-order chi connectivity index (χ1) is 8.12. The molecule has 0 N–H and O–H groups in total. The molecule has 0 spiro atoms. The number of hydrogen-bond donors (Lipinski definition) is 0. The van der Waals surface area contributed by atoms with Gasteiger partial charge in [-0.15, -0.1) is 6.58 Å². The highest BCUT2D eigenvalue weighted by atomic mass is 16.2. The zero-order valence-corrected chi connectivity index (χ0v) is 10.5. The fourth-order valence-corrected chi connectivity index (χ4v) is 2.41. The second-order valence-corrected chi connectivity index (χ2v) is 4.08. The third kappa shape index (κ3) is 7.40. The van der Waals surface area contributed by atoms with E-state index in [-0.39, 0.29) is 12.3 Å². The van der Waals surface area contributed by atoms with Crippen molar-refractivity contribution in [3.05, 3.63) is 12.7 Å². The highest BCUT2D eigenvalue weighted by Gasteiger charge is 2.49. The topological polar surface area (TPSA) is 68.3 Å². The third-order valence-corrected chi connectivity index (χ3v) is 3.03. The number of allylic oxidation sites excluding steroid dienone is 1. The van der Waals surface area contributed by atoms with E-state index in [1.54, 1.807) is 0 Å². The summed E-state index contributed by atoms with van der Waals surface area (Å²) in [5.74, 6) is 0.849. The minimum Gasteiger partial charge on any atom is -0.186 e. The van der Waals surface area contributed by atoms with Crippen molar-refractivity contribution < 1.29 is 19.2 Å². The Morgan fingerprint density at radius 1 is 1.12 bits per heavy atom. The van der Waals surface area contributed by atoms with E-state index in [1.807, 2.05) is 0 Å². The molecule has 1 aliphatic carbocycles. The van der Waals surface area contributed by atoms with Crippen LogP contribution in [0, 0.1) is 11.3 Å². The predicted octanol–water partition coefficient (Wildman–Crippen LogP) is 2.61. The Balaban J connectivity index is 0. The Kier molecular flexibility index (Phi) is 11.6. The standard InChI is InChI=1S/C11H20.2CO2/c1-4-7-11(8-5-2)9-10(11)6-3;2*2-1-3/h6,10H,3-5,7-9H2,1-2H3;;. The van der Waals surface area contributed by atoms with Crippen molar-refractivity contribution in [1.29, 1.82) is 0 Å². The molecule has 17 heavy (non-hydrogen) atoms. The highest BCUT2D eigenvalue weighted by Crippen LogP contribution is 2.59. The Hall–Kier alpha value is -1.50. The van der Waals surface area contributed by atoms with Crippen LogP contribution in [-0.2, 0) is 19.2 Å². The monoisotopic (exact) mass is 240 g/mol. The van der Waals surface area contributed by atoms with Crippen LogP contribution < -0.4 is 0 Å². The van der Waals surface area contributed by atoms with E-state index in [0.29, 0.717) is 5.41 Å². The van der Waals surface area contributed by atoms with Gasteiger partial charge in [0, 0.05) is 0 Å². The lowest BCUT2D eigenvalue weighted by Gasteiger charge is -2.13. The van der Waals surface area contributed by atoms with Crippen LogP contribution in [0.3, 0.4) is 0 Å². The Bertz CT molecular complexity index is 253. The lowest BCUT2D eigenvalue weighted by Crippen LogP contribution is -2.01. The van der Waals surface area contributed by atoms with E-state index in [0.717, 1.165) is 5.92 Å². The van der Waals surface area contributed by atoms with Crippen LogP contribution in [0.5, 0.6) is 0 Å². The van der Waals surface area contributed by atoms with Gasteiger partial charge in [-0.2, -0.15) is 19.2 Å². The van der Waals surface area contributed by atoms with Gasteiger partial charge in [0.05, 0.1) is 0 Å². The Morgan fingerprint density at radius 2 is 1.47 bits per heavy atom. The van der Waals surface area contributed by atoms with Gasteiger partial charge in [0.15, 0.2) is 0 Å². The van der Waals surface area contributed by atoms with Gasteiger partial charge >= 0.3 is 12.3 Å². The maximum absolute atomic E-state index is 8.12. The SMILES string of the molecule is C=CC1CC1(CCC)CCC.O=C=O.O=C=O. The average molecular weight is 240 g/mol. The van der Waals surface area contributed by atoms with Crippen LogP contribution >= 0.6 is 0 Å². The second-order valence-electron chi connectivity index (χ2n) is 4.08. The molecular formula is C13H20O4. The fraction of sp³-hybridized carbons (Fsp3) is 0.692. The lowest BCUT2D eigenvalue weighted by molar-refractivity contribution is -0.193.